The van der Waals surface area contributed by atoms with E-state index in [0.717, 1.165) is 17.7 Å². The molecule has 3 aromatic rings. The van der Waals surface area contributed by atoms with Crippen molar-refractivity contribution < 1.29 is 23.1 Å². The highest BCUT2D eigenvalue weighted by Gasteiger charge is 2.33. The van der Waals surface area contributed by atoms with E-state index in [9.17, 15) is 18.4 Å². The summed E-state index contributed by atoms with van der Waals surface area (Å²) in [5, 5.41) is 5.31. The van der Waals surface area contributed by atoms with Crippen molar-refractivity contribution in [3.63, 3.8) is 0 Å². The first kappa shape index (κ1) is 18.9. The summed E-state index contributed by atoms with van der Waals surface area (Å²) in [6.45, 7) is 1.93. The third-order valence-corrected chi connectivity index (χ3v) is 4.78. The van der Waals surface area contributed by atoms with Crippen molar-refractivity contribution in [2.24, 2.45) is 0 Å². The van der Waals surface area contributed by atoms with Crippen LogP contribution in [0, 0.1) is 18.6 Å². The maximum Gasteiger partial charge on any atom is 0.313 e. The Morgan fingerprint density at radius 3 is 2.66 bits per heavy atom. The summed E-state index contributed by atoms with van der Waals surface area (Å²) in [5.41, 5.74) is 1.54. The third-order valence-electron chi connectivity index (χ3n) is 4.78. The van der Waals surface area contributed by atoms with Crippen LogP contribution in [0.15, 0.2) is 36.7 Å². The highest BCUT2D eigenvalue weighted by molar-refractivity contribution is 6.40. The van der Waals surface area contributed by atoms with E-state index >= 15 is 0 Å². The SMILES string of the molecule is Cc1ccc(O[C@H]2C[C@H](NC(=O)C(=O)Nc3c[nH]c4cc(F)c(F)cc34)C2)nc1. The molecule has 4 rings (SSSR count). The maximum atomic E-state index is 13.4. The predicted molar refractivity (Wildman–Crippen MR) is 101 cm³/mol. The molecule has 1 aliphatic rings. The van der Waals surface area contributed by atoms with Gasteiger partial charge in [-0.1, -0.05) is 6.07 Å². The summed E-state index contributed by atoms with van der Waals surface area (Å²) in [5.74, 6) is -3.22. The number of aryl methyl sites for hydroxylation is 1. The van der Waals surface area contributed by atoms with E-state index in [1.54, 1.807) is 12.3 Å². The lowest BCUT2D eigenvalue weighted by Crippen LogP contribution is -2.51. The molecular weight excluding hydrogens is 382 g/mol. The standard InChI is InChI=1S/C20H18F2N4O3/c1-10-2-3-18(24-8-10)29-12-4-11(5-12)25-19(27)20(28)26-17-9-23-16-7-15(22)14(21)6-13(16)17/h2-3,6-9,11-12,23H,4-5H2,1H3,(H,25,27)(H,26,28)/t11-,12-. The molecule has 2 heterocycles. The van der Waals surface area contributed by atoms with Gasteiger partial charge in [-0.2, -0.15) is 0 Å². The van der Waals surface area contributed by atoms with Gasteiger partial charge in [0, 0.05) is 48.8 Å². The van der Waals surface area contributed by atoms with Gasteiger partial charge in [-0.3, -0.25) is 9.59 Å². The van der Waals surface area contributed by atoms with Gasteiger partial charge in [-0.05, 0) is 18.6 Å². The van der Waals surface area contributed by atoms with Gasteiger partial charge in [-0.15, -0.1) is 0 Å². The van der Waals surface area contributed by atoms with Crippen LogP contribution in [-0.2, 0) is 9.59 Å². The quantitative estimate of drug-likeness (QED) is 0.587. The molecule has 1 fully saturated rings. The number of pyridine rings is 1. The molecule has 0 atom stereocenters. The number of nitrogens with one attached hydrogen (secondary N) is 3. The maximum absolute atomic E-state index is 13.4. The summed E-state index contributed by atoms with van der Waals surface area (Å²) >= 11 is 0. The monoisotopic (exact) mass is 400 g/mol. The van der Waals surface area contributed by atoms with Crippen molar-refractivity contribution in [1.29, 1.82) is 0 Å². The van der Waals surface area contributed by atoms with E-state index in [2.05, 4.69) is 20.6 Å². The Labute approximate surface area is 164 Å². The highest BCUT2D eigenvalue weighted by atomic mass is 19.2. The van der Waals surface area contributed by atoms with E-state index < -0.39 is 23.4 Å². The van der Waals surface area contributed by atoms with Crippen molar-refractivity contribution in [2.75, 3.05) is 5.32 Å². The molecule has 3 N–H and O–H groups in total. The van der Waals surface area contributed by atoms with Crippen LogP contribution in [-0.4, -0.2) is 33.9 Å². The van der Waals surface area contributed by atoms with Crippen molar-refractivity contribution in [3.05, 3.63) is 53.9 Å². The zero-order valence-corrected chi connectivity index (χ0v) is 15.5. The zero-order chi connectivity index (χ0) is 20.5. The van der Waals surface area contributed by atoms with Crippen molar-refractivity contribution in [1.82, 2.24) is 15.3 Å². The second-order valence-corrected chi connectivity index (χ2v) is 7.02. The minimum absolute atomic E-state index is 0.0787. The smallest absolute Gasteiger partial charge is 0.313 e. The number of anilines is 1. The Morgan fingerprint density at radius 2 is 1.93 bits per heavy atom. The van der Waals surface area contributed by atoms with Gasteiger partial charge in [0.2, 0.25) is 5.88 Å². The Kier molecular flexibility index (Phi) is 4.87. The second kappa shape index (κ2) is 7.50. The molecule has 0 aliphatic heterocycles. The average Bonchev–Trinajstić information content (AvgIpc) is 3.03. The number of halogens is 2. The van der Waals surface area contributed by atoms with Crippen LogP contribution in [0.3, 0.4) is 0 Å². The molecule has 0 saturated heterocycles. The Hall–Kier alpha value is -3.49. The minimum atomic E-state index is -1.04. The van der Waals surface area contributed by atoms with E-state index in [0.29, 0.717) is 24.2 Å². The van der Waals surface area contributed by atoms with Gasteiger partial charge < -0.3 is 20.4 Å². The molecule has 2 aromatic heterocycles. The number of carbonyl (C=O) groups is 2. The van der Waals surface area contributed by atoms with Crippen LogP contribution in [0.4, 0.5) is 14.5 Å². The lowest BCUT2D eigenvalue weighted by Gasteiger charge is -2.35. The lowest BCUT2D eigenvalue weighted by atomic mass is 9.89. The second-order valence-electron chi connectivity index (χ2n) is 7.02. The number of benzene rings is 1. The molecule has 150 valence electrons. The molecule has 1 saturated carbocycles. The van der Waals surface area contributed by atoms with Crippen LogP contribution in [0.1, 0.15) is 18.4 Å². The number of hydrogen-bond donors (Lipinski definition) is 3. The Morgan fingerprint density at radius 1 is 1.17 bits per heavy atom. The van der Waals surface area contributed by atoms with Gasteiger partial charge in [0.25, 0.3) is 0 Å². The summed E-state index contributed by atoms with van der Waals surface area (Å²) in [6.07, 6.45) is 4.13. The number of aromatic nitrogens is 2. The number of hydrogen-bond acceptors (Lipinski definition) is 4. The molecule has 2 amide bonds. The normalized spacial score (nSPS) is 18.2. The van der Waals surface area contributed by atoms with Gasteiger partial charge in [0.05, 0.1) is 11.2 Å². The van der Waals surface area contributed by atoms with Crippen LogP contribution in [0.5, 0.6) is 5.88 Å². The molecule has 1 aromatic carbocycles. The van der Waals surface area contributed by atoms with E-state index in [1.807, 2.05) is 13.0 Å². The van der Waals surface area contributed by atoms with Gasteiger partial charge >= 0.3 is 11.8 Å². The number of aromatic amines is 1. The van der Waals surface area contributed by atoms with E-state index in [4.69, 9.17) is 4.74 Å². The number of rotatable bonds is 4. The average molecular weight is 400 g/mol. The van der Waals surface area contributed by atoms with Crippen LogP contribution >= 0.6 is 0 Å². The third kappa shape index (κ3) is 4.03. The molecule has 9 heteroatoms. The zero-order valence-electron chi connectivity index (χ0n) is 15.5. The molecule has 29 heavy (non-hydrogen) atoms. The van der Waals surface area contributed by atoms with Crippen LogP contribution in [0.25, 0.3) is 10.9 Å². The Bertz CT molecular complexity index is 1080. The summed E-state index contributed by atoms with van der Waals surface area (Å²) in [4.78, 5) is 31.1. The molecule has 1 aliphatic carbocycles. The topological polar surface area (TPSA) is 96.1 Å². The van der Waals surface area contributed by atoms with E-state index in [1.165, 1.54) is 6.20 Å². The van der Waals surface area contributed by atoms with E-state index in [-0.39, 0.29) is 23.2 Å². The van der Waals surface area contributed by atoms with Gasteiger partial charge in [0.15, 0.2) is 11.6 Å². The summed E-state index contributed by atoms with van der Waals surface area (Å²) < 4.78 is 32.4. The number of ether oxygens (including phenoxy) is 1. The number of nitrogens with zero attached hydrogens (tertiary/aromatic N) is 1. The number of fused-ring (bicyclic) bond motifs is 1. The summed E-state index contributed by atoms with van der Waals surface area (Å²) in [7, 11) is 0. The highest BCUT2D eigenvalue weighted by Crippen LogP contribution is 2.26. The fourth-order valence-electron chi connectivity index (χ4n) is 3.12. The van der Waals surface area contributed by atoms with Gasteiger partial charge in [-0.25, -0.2) is 13.8 Å². The minimum Gasteiger partial charge on any atom is -0.474 e. The first-order chi connectivity index (χ1) is 13.9. The largest absolute Gasteiger partial charge is 0.474 e. The first-order valence-electron chi connectivity index (χ1n) is 9.06. The van der Waals surface area contributed by atoms with Gasteiger partial charge in [0.1, 0.15) is 6.10 Å². The fourth-order valence-corrected chi connectivity index (χ4v) is 3.12. The molecular formula is C20H18F2N4O3. The van der Waals surface area contributed by atoms with Crippen molar-refractivity contribution >= 4 is 28.4 Å². The molecule has 0 spiro atoms. The molecule has 0 unspecified atom stereocenters. The van der Waals surface area contributed by atoms with Crippen molar-refractivity contribution in [3.8, 4) is 5.88 Å². The molecule has 0 bridgehead atoms. The van der Waals surface area contributed by atoms with Crippen molar-refractivity contribution in [2.45, 2.75) is 31.9 Å². The predicted octanol–water partition coefficient (Wildman–Crippen LogP) is 2.81. The Balaban J connectivity index is 1.29. The van der Waals surface area contributed by atoms with Crippen LogP contribution < -0.4 is 15.4 Å². The van der Waals surface area contributed by atoms with Crippen LogP contribution in [0.2, 0.25) is 0 Å². The molecule has 7 nitrogen and oxygen atoms in total. The summed E-state index contributed by atoms with van der Waals surface area (Å²) in [6, 6.07) is 5.44. The first-order valence-corrected chi connectivity index (χ1v) is 9.06. The fraction of sp³-hybridized carbons (Fsp3) is 0.250. The lowest BCUT2D eigenvalue weighted by molar-refractivity contribution is -0.137. The number of H-pyrrole nitrogens is 1. The molecule has 0 radical (unpaired) electrons. The number of amides is 2. The number of carbonyl (C=O) groups excluding carboxylic acids is 2.